The SMILES string of the molecule is CCCC1CCC1=NC(=O)C(C)(C)COc1nn(C(=O)OC(C)(C)C)c(-c2cc(C)cc(C)c2)c1CCN1CCN(CC(=O)N2CCCCC2)CC1. The van der Waals surface area contributed by atoms with E-state index in [1.807, 2.05) is 53.4 Å². The number of amides is 2. The smallest absolute Gasteiger partial charge is 0.435 e. The van der Waals surface area contributed by atoms with Crippen molar-refractivity contribution in [1.82, 2.24) is 24.5 Å². The van der Waals surface area contributed by atoms with Gasteiger partial charge in [-0.05, 0) is 111 Å². The number of hydrogen-bond acceptors (Lipinski definition) is 8. The maximum Gasteiger partial charge on any atom is 0.435 e. The standard InChI is InChI=1S/C41H62N6O5/c1-9-13-31-14-15-34(31)42-38(49)41(7,8)28-51-37-33(16-19-44-20-22-45(23-21-44)27-35(48)46-17-11-10-12-18-46)36(32-25-29(2)24-30(3)26-32)47(43-37)39(50)52-40(4,5)6/h24-26,31H,9-23,27-28H2,1-8H3. The van der Waals surface area contributed by atoms with Crippen LogP contribution in [0.2, 0.25) is 0 Å². The molecule has 1 aliphatic carbocycles. The molecule has 0 bridgehead atoms. The molecule has 1 aromatic carbocycles. The second kappa shape index (κ2) is 17.1. The number of likely N-dealkylation sites (tertiary alicyclic amines) is 1. The number of carbonyl (C=O) groups excluding carboxylic acids is 3. The van der Waals surface area contributed by atoms with Crippen LogP contribution in [0.4, 0.5) is 4.79 Å². The molecule has 0 spiro atoms. The van der Waals surface area contributed by atoms with Crippen LogP contribution < -0.4 is 4.74 Å². The first-order valence-electron chi connectivity index (χ1n) is 19.5. The monoisotopic (exact) mass is 718 g/mol. The molecule has 2 aromatic rings. The Hall–Kier alpha value is -3.57. The fourth-order valence-corrected chi connectivity index (χ4v) is 7.37. The normalized spacial score (nSPS) is 19.8. The number of benzene rings is 1. The summed E-state index contributed by atoms with van der Waals surface area (Å²) in [5, 5.41) is 4.77. The highest BCUT2D eigenvalue weighted by molar-refractivity contribution is 6.01. The summed E-state index contributed by atoms with van der Waals surface area (Å²) >= 11 is 0. The number of rotatable bonds is 12. The second-order valence-corrected chi connectivity index (χ2v) is 16.8. The van der Waals surface area contributed by atoms with Gasteiger partial charge in [-0.25, -0.2) is 9.79 Å². The molecule has 5 rings (SSSR count). The maximum absolute atomic E-state index is 13.8. The number of hydrogen-bond donors (Lipinski definition) is 0. The quantitative estimate of drug-likeness (QED) is 0.239. The summed E-state index contributed by atoms with van der Waals surface area (Å²) in [6.07, 6.45) is 7.49. The van der Waals surface area contributed by atoms with Gasteiger partial charge in [0.15, 0.2) is 0 Å². The Bertz CT molecular complexity index is 1590. The van der Waals surface area contributed by atoms with Crippen LogP contribution >= 0.6 is 0 Å². The van der Waals surface area contributed by atoms with Crippen molar-refractivity contribution in [2.45, 2.75) is 112 Å². The average molecular weight is 719 g/mol. The summed E-state index contributed by atoms with van der Waals surface area (Å²) in [5.41, 5.74) is 3.81. The van der Waals surface area contributed by atoms with Gasteiger partial charge in [0.2, 0.25) is 11.8 Å². The molecule has 286 valence electrons. The molecular formula is C41H62N6O5. The van der Waals surface area contributed by atoms with E-state index in [0.29, 0.717) is 30.5 Å². The van der Waals surface area contributed by atoms with Crippen molar-refractivity contribution in [3.8, 4) is 17.1 Å². The molecular weight excluding hydrogens is 656 g/mol. The lowest BCUT2D eigenvalue weighted by atomic mass is 9.79. The zero-order valence-electron chi connectivity index (χ0n) is 33.1. The first-order chi connectivity index (χ1) is 24.6. The number of aryl methyl sites for hydroxylation is 2. The summed E-state index contributed by atoms with van der Waals surface area (Å²) in [4.78, 5) is 51.4. The number of piperidine rings is 1. The van der Waals surface area contributed by atoms with E-state index in [1.165, 1.54) is 11.1 Å². The highest BCUT2D eigenvalue weighted by atomic mass is 16.6. The lowest BCUT2D eigenvalue weighted by Gasteiger charge is -2.36. The number of carbonyl (C=O) groups is 3. The van der Waals surface area contributed by atoms with Gasteiger partial charge in [0.25, 0.3) is 5.91 Å². The molecule has 1 unspecified atom stereocenters. The Morgan fingerprint density at radius 1 is 0.904 bits per heavy atom. The van der Waals surface area contributed by atoms with Gasteiger partial charge in [-0.3, -0.25) is 14.5 Å². The Morgan fingerprint density at radius 3 is 2.15 bits per heavy atom. The molecule has 2 saturated heterocycles. The molecule has 1 aromatic heterocycles. The van der Waals surface area contributed by atoms with Crippen molar-refractivity contribution in [2.24, 2.45) is 16.3 Å². The van der Waals surface area contributed by atoms with E-state index in [1.54, 1.807) is 0 Å². The van der Waals surface area contributed by atoms with Crippen LogP contribution in [0.5, 0.6) is 5.88 Å². The molecule has 11 nitrogen and oxygen atoms in total. The van der Waals surface area contributed by atoms with E-state index in [0.717, 1.165) is 112 Å². The summed E-state index contributed by atoms with van der Waals surface area (Å²) in [6, 6.07) is 6.23. The van der Waals surface area contributed by atoms with E-state index >= 15 is 0 Å². The third-order valence-corrected chi connectivity index (χ3v) is 10.5. The molecule has 52 heavy (non-hydrogen) atoms. The first-order valence-corrected chi connectivity index (χ1v) is 19.5. The predicted octanol–water partition coefficient (Wildman–Crippen LogP) is 6.71. The Morgan fingerprint density at radius 2 is 1.56 bits per heavy atom. The minimum Gasteiger partial charge on any atom is -0.475 e. The van der Waals surface area contributed by atoms with Crippen molar-refractivity contribution in [1.29, 1.82) is 0 Å². The third kappa shape index (κ3) is 10.3. The summed E-state index contributed by atoms with van der Waals surface area (Å²) in [5.74, 6) is 0.775. The summed E-state index contributed by atoms with van der Waals surface area (Å²) in [6.45, 7) is 21.8. The van der Waals surface area contributed by atoms with E-state index in [-0.39, 0.29) is 18.4 Å². The van der Waals surface area contributed by atoms with Gasteiger partial charge in [0, 0.05) is 62.7 Å². The summed E-state index contributed by atoms with van der Waals surface area (Å²) in [7, 11) is 0. The van der Waals surface area contributed by atoms with Crippen LogP contribution in [0.25, 0.3) is 11.3 Å². The van der Waals surface area contributed by atoms with Gasteiger partial charge >= 0.3 is 6.09 Å². The molecule has 11 heteroatoms. The van der Waals surface area contributed by atoms with Crippen LogP contribution in [-0.2, 0) is 20.7 Å². The zero-order valence-corrected chi connectivity index (χ0v) is 33.1. The lowest BCUT2D eigenvalue weighted by Crippen LogP contribution is -2.50. The highest BCUT2D eigenvalue weighted by Gasteiger charge is 2.35. The van der Waals surface area contributed by atoms with Crippen molar-refractivity contribution in [3.63, 3.8) is 0 Å². The zero-order chi connectivity index (χ0) is 37.6. The number of ether oxygens (including phenoxy) is 2. The number of nitrogens with zero attached hydrogens (tertiary/aromatic N) is 6. The van der Waals surface area contributed by atoms with E-state index in [4.69, 9.17) is 14.6 Å². The average Bonchev–Trinajstić information content (AvgIpc) is 3.45. The highest BCUT2D eigenvalue weighted by Crippen LogP contribution is 2.35. The third-order valence-electron chi connectivity index (χ3n) is 10.5. The van der Waals surface area contributed by atoms with Crippen molar-refractivity contribution in [2.75, 3.05) is 59.0 Å². The van der Waals surface area contributed by atoms with E-state index < -0.39 is 17.1 Å². The van der Waals surface area contributed by atoms with Gasteiger partial charge in [0.05, 0.1) is 17.7 Å². The molecule has 0 N–H and O–H groups in total. The first kappa shape index (κ1) is 39.6. The van der Waals surface area contributed by atoms with Crippen molar-refractivity contribution < 1.29 is 23.9 Å². The molecule has 2 amide bonds. The maximum atomic E-state index is 13.8. The molecule has 2 aliphatic heterocycles. The fourth-order valence-electron chi connectivity index (χ4n) is 7.37. The number of piperazine rings is 1. The van der Waals surface area contributed by atoms with Crippen LogP contribution in [0.15, 0.2) is 23.2 Å². The Balaban J connectivity index is 1.38. The minimum atomic E-state index is -0.894. The molecule has 0 radical (unpaired) electrons. The molecule has 3 aliphatic rings. The van der Waals surface area contributed by atoms with Gasteiger partial charge < -0.3 is 19.3 Å². The molecule has 1 saturated carbocycles. The Kier molecular flexibility index (Phi) is 13.0. The second-order valence-electron chi connectivity index (χ2n) is 16.8. The van der Waals surface area contributed by atoms with Crippen LogP contribution in [0, 0.1) is 25.2 Å². The van der Waals surface area contributed by atoms with Gasteiger partial charge in [-0.1, -0.05) is 30.5 Å². The number of aliphatic imine (C=N–C) groups is 1. The van der Waals surface area contributed by atoms with Crippen molar-refractivity contribution in [3.05, 3.63) is 34.9 Å². The Labute approximate surface area is 311 Å². The lowest BCUT2D eigenvalue weighted by molar-refractivity contribution is -0.133. The minimum absolute atomic E-state index is 0.0649. The van der Waals surface area contributed by atoms with E-state index in [9.17, 15) is 14.4 Å². The fraction of sp³-hybridized carbons (Fsp3) is 0.683. The predicted molar refractivity (Wildman–Crippen MR) is 205 cm³/mol. The van der Waals surface area contributed by atoms with Gasteiger partial charge in [-0.2, -0.15) is 4.68 Å². The van der Waals surface area contributed by atoms with Crippen molar-refractivity contribution >= 4 is 23.6 Å². The van der Waals surface area contributed by atoms with E-state index in [2.05, 4.69) is 39.9 Å². The van der Waals surface area contributed by atoms with Crippen LogP contribution in [-0.4, -0.2) is 113 Å². The van der Waals surface area contributed by atoms with Crippen LogP contribution in [0.3, 0.4) is 0 Å². The molecule has 1 atom stereocenters. The topological polar surface area (TPSA) is 110 Å². The number of aromatic nitrogens is 2. The molecule has 3 fully saturated rings. The molecule has 3 heterocycles. The van der Waals surface area contributed by atoms with Crippen LogP contribution in [0.1, 0.15) is 103 Å². The van der Waals surface area contributed by atoms with Gasteiger partial charge in [-0.15, -0.1) is 5.10 Å². The van der Waals surface area contributed by atoms with Gasteiger partial charge in [0.1, 0.15) is 12.2 Å². The summed E-state index contributed by atoms with van der Waals surface area (Å²) < 4.78 is 13.7. The largest absolute Gasteiger partial charge is 0.475 e.